The summed E-state index contributed by atoms with van der Waals surface area (Å²) < 4.78 is 0. The summed E-state index contributed by atoms with van der Waals surface area (Å²) in [6.07, 6.45) is 2.71. The fourth-order valence-corrected chi connectivity index (χ4v) is 3.02. The third-order valence-corrected chi connectivity index (χ3v) is 4.31. The number of hydrogen-bond donors (Lipinski definition) is 1. The second-order valence-electron chi connectivity index (χ2n) is 5.50. The molecule has 1 aliphatic rings. The lowest BCUT2D eigenvalue weighted by atomic mass is 10.0. The van der Waals surface area contributed by atoms with Crippen molar-refractivity contribution >= 4 is 46.4 Å². The Morgan fingerprint density at radius 2 is 2.08 bits per heavy atom. The molecule has 0 aliphatic carbocycles. The lowest BCUT2D eigenvalue weighted by Gasteiger charge is -2.36. The highest BCUT2D eigenvalue weighted by atomic mass is 35.5. The monoisotopic (exact) mass is 363 g/mol. The molecule has 7 heteroatoms. The number of hydrogen-bond acceptors (Lipinski definition) is 3. The number of carbonyl (C=O) groups excluding carboxylic acids is 2. The summed E-state index contributed by atoms with van der Waals surface area (Å²) in [4.78, 5) is 30.9. The molecular formula is C17H15Cl2N3O2. The molecule has 2 heterocycles. The Balaban J connectivity index is 2.09. The van der Waals surface area contributed by atoms with E-state index in [2.05, 4.69) is 10.3 Å². The van der Waals surface area contributed by atoms with Crippen LogP contribution >= 0.6 is 23.2 Å². The molecule has 0 saturated carbocycles. The van der Waals surface area contributed by atoms with Gasteiger partial charge in [0.2, 0.25) is 5.91 Å². The number of amides is 2. The number of rotatable bonds is 3. The molecule has 3 rings (SSSR count). The van der Waals surface area contributed by atoms with Gasteiger partial charge in [0, 0.05) is 11.2 Å². The molecule has 0 radical (unpaired) electrons. The molecule has 2 amide bonds. The van der Waals surface area contributed by atoms with Crippen molar-refractivity contribution in [2.45, 2.75) is 25.8 Å². The first kappa shape index (κ1) is 16.7. The maximum atomic E-state index is 13.0. The molecule has 1 aromatic carbocycles. The molecule has 124 valence electrons. The van der Waals surface area contributed by atoms with Crippen LogP contribution < -0.4 is 10.2 Å². The number of aromatic nitrogens is 1. The van der Waals surface area contributed by atoms with E-state index in [-0.39, 0.29) is 11.8 Å². The summed E-state index contributed by atoms with van der Waals surface area (Å²) in [6.45, 7) is 1.97. The van der Waals surface area contributed by atoms with Gasteiger partial charge < -0.3 is 5.32 Å². The van der Waals surface area contributed by atoms with Crippen molar-refractivity contribution in [3.8, 4) is 0 Å². The van der Waals surface area contributed by atoms with E-state index >= 15 is 0 Å². The zero-order valence-electron chi connectivity index (χ0n) is 12.9. The largest absolute Gasteiger partial charge is 0.322 e. The van der Waals surface area contributed by atoms with Gasteiger partial charge in [0.25, 0.3) is 5.91 Å². The molecule has 1 aliphatic heterocycles. The Labute approximate surface area is 149 Å². The number of halogens is 2. The summed E-state index contributed by atoms with van der Waals surface area (Å²) >= 11 is 11.9. The number of pyridine rings is 1. The maximum Gasteiger partial charge on any atom is 0.260 e. The highest BCUT2D eigenvalue weighted by Gasteiger charge is 2.36. The minimum absolute atomic E-state index is 0.207. The molecule has 0 saturated heterocycles. The van der Waals surface area contributed by atoms with Gasteiger partial charge in [-0.05, 0) is 36.8 Å². The Morgan fingerprint density at radius 3 is 2.75 bits per heavy atom. The van der Waals surface area contributed by atoms with E-state index in [9.17, 15) is 9.59 Å². The standard InChI is InChI=1S/C17H15Cl2N3O2/c1-2-3-13-16(23)21-12-6-5-11(18)8-14(12)22(13)17(24)10-4-7-15(19)20-9-10/h4-9,13H,2-3H2,1H3,(H,21,23). The molecule has 1 N–H and O–H groups in total. The van der Waals surface area contributed by atoms with E-state index in [1.165, 1.54) is 11.1 Å². The second-order valence-corrected chi connectivity index (χ2v) is 6.32. The molecule has 0 fully saturated rings. The van der Waals surface area contributed by atoms with E-state index in [1.54, 1.807) is 30.3 Å². The highest BCUT2D eigenvalue weighted by molar-refractivity contribution is 6.31. The van der Waals surface area contributed by atoms with Crippen LogP contribution in [0.25, 0.3) is 0 Å². The first-order chi connectivity index (χ1) is 11.5. The molecule has 1 unspecified atom stereocenters. The Hall–Kier alpha value is -2.11. The number of carbonyl (C=O) groups is 2. The number of anilines is 2. The van der Waals surface area contributed by atoms with Gasteiger partial charge in [-0.2, -0.15) is 0 Å². The molecule has 0 spiro atoms. The quantitative estimate of drug-likeness (QED) is 0.832. The van der Waals surface area contributed by atoms with E-state index < -0.39 is 6.04 Å². The van der Waals surface area contributed by atoms with E-state index in [4.69, 9.17) is 23.2 Å². The minimum atomic E-state index is -0.593. The van der Waals surface area contributed by atoms with Crippen molar-refractivity contribution in [2.24, 2.45) is 0 Å². The third-order valence-electron chi connectivity index (χ3n) is 3.85. The summed E-state index contributed by atoms with van der Waals surface area (Å²) in [6, 6.07) is 7.60. The molecule has 1 aromatic heterocycles. The summed E-state index contributed by atoms with van der Waals surface area (Å²) in [7, 11) is 0. The van der Waals surface area contributed by atoms with Crippen LogP contribution in [0.4, 0.5) is 11.4 Å². The first-order valence-electron chi connectivity index (χ1n) is 7.56. The number of nitrogens with one attached hydrogen (secondary N) is 1. The van der Waals surface area contributed by atoms with Gasteiger partial charge in [-0.3, -0.25) is 14.5 Å². The first-order valence-corrected chi connectivity index (χ1v) is 8.32. The SMILES string of the molecule is CCCC1C(=O)Nc2ccc(Cl)cc2N1C(=O)c1ccc(Cl)nc1. The van der Waals surface area contributed by atoms with Crippen LogP contribution in [-0.2, 0) is 4.79 Å². The maximum absolute atomic E-state index is 13.0. The van der Waals surface area contributed by atoms with Crippen LogP contribution in [0.3, 0.4) is 0 Å². The fourth-order valence-electron chi connectivity index (χ4n) is 2.74. The van der Waals surface area contributed by atoms with Gasteiger partial charge in [0.15, 0.2) is 0 Å². The summed E-state index contributed by atoms with van der Waals surface area (Å²) in [5.41, 5.74) is 1.51. The van der Waals surface area contributed by atoms with E-state index in [1.807, 2.05) is 6.92 Å². The normalized spacial score (nSPS) is 16.5. The smallest absolute Gasteiger partial charge is 0.260 e. The van der Waals surface area contributed by atoms with Gasteiger partial charge >= 0.3 is 0 Å². The molecule has 1 atom stereocenters. The Morgan fingerprint density at radius 1 is 1.29 bits per heavy atom. The third kappa shape index (κ3) is 3.09. The zero-order valence-corrected chi connectivity index (χ0v) is 14.4. The van der Waals surface area contributed by atoms with Crippen LogP contribution in [-0.4, -0.2) is 22.8 Å². The predicted octanol–water partition coefficient (Wildman–Crippen LogP) is 4.16. The van der Waals surface area contributed by atoms with Crippen molar-refractivity contribution in [3.63, 3.8) is 0 Å². The minimum Gasteiger partial charge on any atom is -0.322 e. The second kappa shape index (κ2) is 6.79. The average Bonchev–Trinajstić information content (AvgIpc) is 2.56. The lowest BCUT2D eigenvalue weighted by molar-refractivity contribution is -0.117. The highest BCUT2D eigenvalue weighted by Crippen LogP contribution is 2.36. The zero-order chi connectivity index (χ0) is 17.3. The molecule has 5 nitrogen and oxygen atoms in total. The van der Waals surface area contributed by atoms with Crippen molar-refractivity contribution in [2.75, 3.05) is 10.2 Å². The van der Waals surface area contributed by atoms with Crippen molar-refractivity contribution in [3.05, 3.63) is 52.3 Å². The molecular weight excluding hydrogens is 349 g/mol. The van der Waals surface area contributed by atoms with Crippen molar-refractivity contribution in [1.82, 2.24) is 4.98 Å². The van der Waals surface area contributed by atoms with Crippen LogP contribution in [0.5, 0.6) is 0 Å². The van der Waals surface area contributed by atoms with Gasteiger partial charge in [0.1, 0.15) is 11.2 Å². The summed E-state index contributed by atoms with van der Waals surface area (Å²) in [5.74, 6) is -0.516. The molecule has 0 bridgehead atoms. The Bertz CT molecular complexity index is 793. The molecule has 2 aromatic rings. The van der Waals surface area contributed by atoms with Crippen LogP contribution in [0.1, 0.15) is 30.1 Å². The number of fused-ring (bicyclic) bond motifs is 1. The van der Waals surface area contributed by atoms with Gasteiger partial charge in [-0.1, -0.05) is 36.5 Å². The Kier molecular flexibility index (Phi) is 4.73. The number of benzene rings is 1. The number of nitrogens with zero attached hydrogens (tertiary/aromatic N) is 2. The van der Waals surface area contributed by atoms with Crippen LogP contribution in [0, 0.1) is 0 Å². The van der Waals surface area contributed by atoms with Crippen LogP contribution in [0.15, 0.2) is 36.5 Å². The van der Waals surface area contributed by atoms with Crippen molar-refractivity contribution < 1.29 is 9.59 Å². The predicted molar refractivity (Wildman–Crippen MR) is 94.8 cm³/mol. The van der Waals surface area contributed by atoms with Crippen molar-refractivity contribution in [1.29, 1.82) is 0 Å². The van der Waals surface area contributed by atoms with E-state index in [0.717, 1.165) is 6.42 Å². The average molecular weight is 364 g/mol. The van der Waals surface area contributed by atoms with Gasteiger partial charge in [-0.15, -0.1) is 0 Å². The van der Waals surface area contributed by atoms with Gasteiger partial charge in [-0.25, -0.2) is 4.98 Å². The topological polar surface area (TPSA) is 62.3 Å². The van der Waals surface area contributed by atoms with Crippen LogP contribution in [0.2, 0.25) is 10.2 Å². The lowest BCUT2D eigenvalue weighted by Crippen LogP contribution is -2.51. The molecule has 24 heavy (non-hydrogen) atoms. The fraction of sp³-hybridized carbons (Fsp3) is 0.235. The van der Waals surface area contributed by atoms with E-state index in [0.29, 0.717) is 33.5 Å². The summed E-state index contributed by atoms with van der Waals surface area (Å²) in [5, 5.41) is 3.63. The van der Waals surface area contributed by atoms with Gasteiger partial charge in [0.05, 0.1) is 16.9 Å².